The Balaban J connectivity index is 3.28. The van der Waals surface area contributed by atoms with Gasteiger partial charge in [0.05, 0.1) is 0 Å². The number of aliphatic hydroxyl groups is 1. The summed E-state index contributed by atoms with van der Waals surface area (Å²) in [5, 5.41) is 8.45. The van der Waals surface area contributed by atoms with E-state index >= 15 is 0 Å². The first-order valence-electron chi connectivity index (χ1n) is 3.26. The van der Waals surface area contributed by atoms with E-state index in [4.69, 9.17) is 9.76 Å². The van der Waals surface area contributed by atoms with Gasteiger partial charge in [0, 0.05) is 11.5 Å². The monoisotopic (exact) mass is 128 g/mol. The molecule has 0 fully saturated rings. The van der Waals surface area contributed by atoms with E-state index in [1.807, 2.05) is 13.8 Å². The summed E-state index contributed by atoms with van der Waals surface area (Å²) in [6.45, 7) is 5.63. The van der Waals surface area contributed by atoms with Crippen LogP contribution in [0.5, 0.6) is 0 Å². The molecule has 4 heteroatoms. The van der Waals surface area contributed by atoms with Crippen molar-refractivity contribution in [3.05, 3.63) is 0 Å². The van der Waals surface area contributed by atoms with E-state index in [2.05, 4.69) is 0 Å². The van der Waals surface area contributed by atoms with E-state index in [1.54, 1.807) is 14.8 Å². The Morgan fingerprint density at radius 2 is 2.11 bits per heavy atom. The Kier molecular flexibility index (Phi) is 3.29. The maximum atomic E-state index is 9.14. The maximum absolute atomic E-state index is 9.14. The smallest absolute Gasteiger partial charge is 0.298 e. The highest BCUT2D eigenvalue weighted by atomic mass is 16.4. The predicted molar refractivity (Wildman–Crippen MR) is 42.5 cm³/mol. The van der Waals surface area contributed by atoms with E-state index in [0.29, 0.717) is 7.48 Å². The summed E-state index contributed by atoms with van der Waals surface area (Å²) >= 11 is 0. The molecule has 2 nitrogen and oxygen atoms in total. The van der Waals surface area contributed by atoms with Crippen LogP contribution in [0.1, 0.15) is 20.8 Å². The van der Waals surface area contributed by atoms with Crippen molar-refractivity contribution in [3.8, 4) is 0 Å². The minimum absolute atomic E-state index is 0.205. The van der Waals surface area contributed by atoms with Crippen molar-refractivity contribution in [1.29, 1.82) is 0 Å². The zero-order chi connectivity index (χ0) is 7.49. The van der Waals surface area contributed by atoms with Gasteiger partial charge in [-0.25, -0.2) is 0 Å². The van der Waals surface area contributed by atoms with Crippen LogP contribution in [0.4, 0.5) is 0 Å². The predicted octanol–water partition coefficient (Wildman–Crippen LogP) is -0.938. The van der Waals surface area contributed by atoms with Gasteiger partial charge >= 0.3 is 0 Å². The molecule has 52 valence electrons. The molecule has 0 aliphatic rings. The lowest BCUT2D eigenvalue weighted by atomic mass is 9.62. The standard InChI is InChI=1S/C5H14B2O2/c1-4(2)9-7-5(3,6)8/h4,7-8H,6H2,1-3H3. The molecule has 0 spiro atoms. The molecular weight excluding hydrogens is 114 g/mol. The number of hydrogen-bond acceptors (Lipinski definition) is 2. The molecule has 0 bridgehead atoms. The molecule has 0 aromatic carbocycles. The van der Waals surface area contributed by atoms with Crippen LogP contribution in [0.15, 0.2) is 0 Å². The van der Waals surface area contributed by atoms with Crippen LogP contribution in [-0.2, 0) is 4.65 Å². The fourth-order valence-corrected chi connectivity index (χ4v) is 0.371. The van der Waals surface area contributed by atoms with E-state index < -0.39 is 5.40 Å². The van der Waals surface area contributed by atoms with Crippen molar-refractivity contribution in [3.63, 3.8) is 0 Å². The van der Waals surface area contributed by atoms with Crippen LogP contribution in [0.25, 0.3) is 0 Å². The van der Waals surface area contributed by atoms with Crippen LogP contribution in [0, 0.1) is 0 Å². The summed E-state index contributed by atoms with van der Waals surface area (Å²) in [6, 6.07) is 0. The highest BCUT2D eigenvalue weighted by Gasteiger charge is 2.16. The number of rotatable bonds is 3. The van der Waals surface area contributed by atoms with Gasteiger partial charge in [0.25, 0.3) is 7.48 Å². The molecule has 0 radical (unpaired) electrons. The molecule has 0 amide bonds. The van der Waals surface area contributed by atoms with Gasteiger partial charge in [0.1, 0.15) is 7.85 Å². The minimum atomic E-state index is -0.690. The minimum Gasteiger partial charge on any atom is -0.435 e. The highest BCUT2D eigenvalue weighted by Crippen LogP contribution is 1.95. The van der Waals surface area contributed by atoms with Gasteiger partial charge in [-0.1, -0.05) is 0 Å². The second kappa shape index (κ2) is 3.28. The third kappa shape index (κ3) is 8.05. The summed E-state index contributed by atoms with van der Waals surface area (Å²) < 4.78 is 5.16. The average molecular weight is 128 g/mol. The lowest BCUT2D eigenvalue weighted by molar-refractivity contribution is 0.175. The van der Waals surface area contributed by atoms with Gasteiger partial charge < -0.3 is 9.76 Å². The molecule has 0 aliphatic heterocycles. The van der Waals surface area contributed by atoms with Gasteiger partial charge in [0.2, 0.25) is 0 Å². The Morgan fingerprint density at radius 1 is 1.67 bits per heavy atom. The Hall–Kier alpha value is 0.0499. The summed E-state index contributed by atoms with van der Waals surface area (Å²) in [4.78, 5) is 0. The van der Waals surface area contributed by atoms with Crippen molar-refractivity contribution in [2.45, 2.75) is 32.3 Å². The summed E-state index contributed by atoms with van der Waals surface area (Å²) in [5.74, 6) is 0. The molecule has 0 rings (SSSR count). The van der Waals surface area contributed by atoms with Crippen molar-refractivity contribution in [1.82, 2.24) is 0 Å². The lowest BCUT2D eigenvalue weighted by Crippen LogP contribution is -2.35. The van der Waals surface area contributed by atoms with Crippen LogP contribution in [-0.4, -0.2) is 31.9 Å². The van der Waals surface area contributed by atoms with Crippen molar-refractivity contribution in [2.24, 2.45) is 0 Å². The van der Waals surface area contributed by atoms with Crippen LogP contribution >= 0.6 is 0 Å². The van der Waals surface area contributed by atoms with E-state index in [9.17, 15) is 0 Å². The molecule has 9 heavy (non-hydrogen) atoms. The fourth-order valence-electron chi connectivity index (χ4n) is 0.371. The first-order chi connectivity index (χ1) is 3.92. The zero-order valence-electron chi connectivity index (χ0n) is 6.64. The lowest BCUT2D eigenvalue weighted by Gasteiger charge is -2.16. The highest BCUT2D eigenvalue weighted by molar-refractivity contribution is 6.47. The molecule has 0 aliphatic carbocycles. The molecule has 0 aromatic heterocycles. The Labute approximate surface area is 58.3 Å². The van der Waals surface area contributed by atoms with E-state index in [-0.39, 0.29) is 6.10 Å². The molecule has 1 unspecified atom stereocenters. The van der Waals surface area contributed by atoms with Crippen molar-refractivity contribution >= 4 is 15.3 Å². The molecular formula is C5H14B2O2. The molecule has 0 heterocycles. The Bertz CT molecular complexity index is 77.5. The first kappa shape index (κ1) is 9.05. The van der Waals surface area contributed by atoms with Gasteiger partial charge in [-0.3, -0.25) is 0 Å². The van der Waals surface area contributed by atoms with Crippen LogP contribution in [0.3, 0.4) is 0 Å². The molecule has 0 saturated heterocycles. The second-order valence-corrected chi connectivity index (χ2v) is 3.17. The molecule has 1 N–H and O–H groups in total. The van der Waals surface area contributed by atoms with Gasteiger partial charge in [-0.2, -0.15) is 0 Å². The maximum Gasteiger partial charge on any atom is 0.298 e. The topological polar surface area (TPSA) is 29.5 Å². The van der Waals surface area contributed by atoms with Crippen molar-refractivity contribution < 1.29 is 9.76 Å². The largest absolute Gasteiger partial charge is 0.435 e. The number of hydrogen-bond donors (Lipinski definition) is 1. The van der Waals surface area contributed by atoms with E-state index in [1.165, 1.54) is 0 Å². The molecule has 0 aromatic rings. The third-order valence-corrected chi connectivity index (χ3v) is 0.770. The van der Waals surface area contributed by atoms with Gasteiger partial charge in [-0.05, 0) is 20.8 Å². The molecule has 0 saturated carbocycles. The Morgan fingerprint density at radius 3 is 2.22 bits per heavy atom. The second-order valence-electron chi connectivity index (χ2n) is 3.17. The van der Waals surface area contributed by atoms with Crippen LogP contribution < -0.4 is 0 Å². The third-order valence-electron chi connectivity index (χ3n) is 0.770. The average Bonchev–Trinajstić information content (AvgIpc) is 1.59. The fraction of sp³-hybridized carbons (Fsp3) is 1.00. The van der Waals surface area contributed by atoms with E-state index in [0.717, 1.165) is 0 Å². The van der Waals surface area contributed by atoms with Gasteiger partial charge in [0.15, 0.2) is 0 Å². The summed E-state index contributed by atoms with van der Waals surface area (Å²) in [6.07, 6.45) is 0.205. The quantitative estimate of drug-likeness (QED) is 0.497. The van der Waals surface area contributed by atoms with Crippen LogP contribution in [0.2, 0.25) is 0 Å². The van der Waals surface area contributed by atoms with Crippen molar-refractivity contribution in [2.75, 3.05) is 0 Å². The van der Waals surface area contributed by atoms with Gasteiger partial charge in [-0.15, -0.1) is 0 Å². The first-order valence-corrected chi connectivity index (χ1v) is 3.26. The molecule has 1 atom stereocenters. The zero-order valence-corrected chi connectivity index (χ0v) is 6.64. The SMILES string of the molecule is BC(C)(O)BOC(C)C. The summed E-state index contributed by atoms with van der Waals surface area (Å²) in [7, 11) is 2.14. The normalized spacial score (nSPS) is 17.4. The summed E-state index contributed by atoms with van der Waals surface area (Å²) in [5.41, 5.74) is 0.